The number of hydrogen-bond donors (Lipinski definition) is 0. The van der Waals surface area contributed by atoms with Gasteiger partial charge < -0.3 is 0 Å². The summed E-state index contributed by atoms with van der Waals surface area (Å²) in [6.45, 7) is 16.3. The summed E-state index contributed by atoms with van der Waals surface area (Å²) < 4.78 is 20.1. The van der Waals surface area contributed by atoms with E-state index in [1.54, 1.807) is 0 Å². The van der Waals surface area contributed by atoms with Gasteiger partial charge in [0.1, 0.15) is 0 Å². The van der Waals surface area contributed by atoms with Crippen LogP contribution in [-0.2, 0) is 9.22 Å². The molecule has 0 unspecified atom stereocenters. The molecular weight excluding hydrogens is 399 g/mol. The van der Waals surface area contributed by atoms with Crippen molar-refractivity contribution in [3.63, 3.8) is 0 Å². The van der Waals surface area contributed by atoms with E-state index in [1.807, 2.05) is 0 Å². The van der Waals surface area contributed by atoms with Crippen molar-refractivity contribution >= 4 is 27.7 Å². The SMILES string of the molecule is CCCC[O][Sn]([CH2]C[Si](C)(C)C)([O]CCCC)[O]CCCC. The van der Waals surface area contributed by atoms with Crippen molar-refractivity contribution in [3.05, 3.63) is 0 Å². The van der Waals surface area contributed by atoms with E-state index in [2.05, 4.69) is 40.4 Å². The molecule has 0 aromatic rings. The third-order valence-electron chi connectivity index (χ3n) is 3.64. The van der Waals surface area contributed by atoms with Crippen molar-refractivity contribution in [2.24, 2.45) is 0 Å². The molecule has 3 nitrogen and oxygen atoms in total. The second-order valence-electron chi connectivity index (χ2n) is 7.35. The van der Waals surface area contributed by atoms with Crippen molar-refractivity contribution in [2.45, 2.75) is 89.4 Å². The van der Waals surface area contributed by atoms with Gasteiger partial charge in [0, 0.05) is 0 Å². The van der Waals surface area contributed by atoms with Gasteiger partial charge in [0.2, 0.25) is 0 Å². The minimum atomic E-state index is -3.34. The van der Waals surface area contributed by atoms with Gasteiger partial charge in [0.05, 0.1) is 0 Å². The second kappa shape index (κ2) is 13.2. The summed E-state index contributed by atoms with van der Waals surface area (Å²) in [5.41, 5.74) is 0. The Labute approximate surface area is 146 Å². The third-order valence-corrected chi connectivity index (χ3v) is 14.8. The van der Waals surface area contributed by atoms with Crippen LogP contribution in [0.3, 0.4) is 0 Å². The van der Waals surface area contributed by atoms with E-state index >= 15 is 0 Å². The van der Waals surface area contributed by atoms with Gasteiger partial charge >= 0.3 is 146 Å². The van der Waals surface area contributed by atoms with E-state index in [-0.39, 0.29) is 0 Å². The second-order valence-corrected chi connectivity index (χ2v) is 20.8. The Morgan fingerprint density at radius 2 is 1.05 bits per heavy atom. The topological polar surface area (TPSA) is 27.7 Å². The zero-order valence-electron chi connectivity index (χ0n) is 16.0. The van der Waals surface area contributed by atoms with Gasteiger partial charge in [0.15, 0.2) is 0 Å². The maximum atomic E-state index is 6.35. The zero-order valence-corrected chi connectivity index (χ0v) is 19.9. The Hall–Kier alpha value is 0.896. The average molecular weight is 439 g/mol. The molecule has 0 radical (unpaired) electrons. The maximum absolute atomic E-state index is 6.35. The van der Waals surface area contributed by atoms with Crippen LogP contribution in [0.2, 0.25) is 30.1 Å². The summed E-state index contributed by atoms with van der Waals surface area (Å²) in [6.07, 6.45) is 6.83. The van der Waals surface area contributed by atoms with Crippen LogP contribution in [-0.4, -0.2) is 47.5 Å². The Morgan fingerprint density at radius 3 is 1.32 bits per heavy atom. The van der Waals surface area contributed by atoms with Crippen molar-refractivity contribution in [1.29, 1.82) is 0 Å². The summed E-state index contributed by atoms with van der Waals surface area (Å²) in [4.78, 5) is 0. The summed E-state index contributed by atoms with van der Waals surface area (Å²) in [5.74, 6) is 0. The molecule has 0 spiro atoms. The quantitative estimate of drug-likeness (QED) is 0.242. The molecule has 0 aliphatic carbocycles. The van der Waals surface area contributed by atoms with E-state index in [1.165, 1.54) is 25.3 Å². The Balaban J connectivity index is 4.75. The molecule has 0 aliphatic heterocycles. The monoisotopic (exact) mass is 440 g/mol. The van der Waals surface area contributed by atoms with Crippen LogP contribution in [0, 0.1) is 0 Å². The average Bonchev–Trinajstić information content (AvgIpc) is 2.45. The molecule has 0 aromatic carbocycles. The first kappa shape index (κ1) is 22.9. The first-order chi connectivity index (χ1) is 10.4. The predicted molar refractivity (Wildman–Crippen MR) is 101 cm³/mol. The van der Waals surface area contributed by atoms with E-state index in [0.717, 1.165) is 43.5 Å². The first-order valence-electron chi connectivity index (χ1n) is 9.31. The van der Waals surface area contributed by atoms with E-state index in [4.69, 9.17) is 9.22 Å². The fourth-order valence-electron chi connectivity index (χ4n) is 1.99. The molecule has 0 saturated heterocycles. The molecule has 0 heterocycles. The van der Waals surface area contributed by atoms with Crippen LogP contribution >= 0.6 is 0 Å². The molecular formula is C17H40O3SiSn. The Kier molecular flexibility index (Phi) is 13.8. The standard InChI is InChI=1S/C5H13Si.3C4H9O.Sn/c1-5-6(2,3)4;3*1-2-3-4-5;/h1,5H2,2-4H3;3*2-4H2,1H3;/q;3*-1;+3. The normalized spacial score (nSPS) is 12.8. The fraction of sp³-hybridized carbons (Fsp3) is 1.00. The molecule has 0 amide bonds. The minimum absolute atomic E-state index is 0.816. The van der Waals surface area contributed by atoms with Crippen LogP contribution in [0.25, 0.3) is 0 Å². The van der Waals surface area contributed by atoms with Crippen LogP contribution in [0.1, 0.15) is 59.3 Å². The number of unbranched alkanes of at least 4 members (excludes halogenated alkanes) is 3. The van der Waals surface area contributed by atoms with E-state index in [0.29, 0.717) is 0 Å². The molecule has 134 valence electrons. The van der Waals surface area contributed by atoms with Crippen LogP contribution < -0.4 is 0 Å². The molecule has 0 bridgehead atoms. The van der Waals surface area contributed by atoms with Gasteiger partial charge in [-0.05, 0) is 0 Å². The molecule has 0 atom stereocenters. The molecule has 0 aliphatic rings. The number of rotatable bonds is 15. The zero-order chi connectivity index (χ0) is 16.9. The van der Waals surface area contributed by atoms with Crippen molar-refractivity contribution < 1.29 is 9.22 Å². The summed E-state index contributed by atoms with van der Waals surface area (Å²) in [6, 6.07) is 1.26. The van der Waals surface area contributed by atoms with Gasteiger partial charge in [-0.1, -0.05) is 0 Å². The van der Waals surface area contributed by atoms with Crippen molar-refractivity contribution in [2.75, 3.05) is 19.8 Å². The van der Waals surface area contributed by atoms with E-state index in [9.17, 15) is 0 Å². The number of hydrogen-bond acceptors (Lipinski definition) is 3. The van der Waals surface area contributed by atoms with Crippen molar-refractivity contribution in [3.8, 4) is 0 Å². The molecule has 5 heteroatoms. The first-order valence-corrected chi connectivity index (χ1v) is 18.5. The Bertz CT molecular complexity index is 230. The van der Waals surface area contributed by atoms with E-state index < -0.39 is 27.7 Å². The molecule has 0 aromatic heterocycles. The Morgan fingerprint density at radius 1 is 0.682 bits per heavy atom. The molecule has 22 heavy (non-hydrogen) atoms. The summed E-state index contributed by atoms with van der Waals surface area (Å²) >= 11 is -3.34. The molecule has 0 N–H and O–H groups in total. The van der Waals surface area contributed by atoms with Crippen LogP contribution in [0.5, 0.6) is 0 Å². The van der Waals surface area contributed by atoms with Gasteiger partial charge in [-0.25, -0.2) is 0 Å². The molecule has 0 fully saturated rings. The van der Waals surface area contributed by atoms with Crippen LogP contribution in [0.4, 0.5) is 0 Å². The van der Waals surface area contributed by atoms with Gasteiger partial charge in [-0.2, -0.15) is 0 Å². The van der Waals surface area contributed by atoms with Crippen molar-refractivity contribution in [1.82, 2.24) is 0 Å². The molecule has 0 saturated carbocycles. The summed E-state index contributed by atoms with van der Waals surface area (Å²) in [7, 11) is -1.10. The summed E-state index contributed by atoms with van der Waals surface area (Å²) in [5, 5.41) is 0. The molecule has 0 rings (SSSR count). The van der Waals surface area contributed by atoms with Gasteiger partial charge in [0.25, 0.3) is 0 Å². The van der Waals surface area contributed by atoms with Gasteiger partial charge in [-0.15, -0.1) is 0 Å². The predicted octanol–water partition coefficient (Wildman–Crippen LogP) is 5.71. The fourth-order valence-corrected chi connectivity index (χ4v) is 17.9. The third kappa shape index (κ3) is 12.3. The van der Waals surface area contributed by atoms with Gasteiger partial charge in [-0.3, -0.25) is 0 Å². The van der Waals surface area contributed by atoms with Crippen LogP contribution in [0.15, 0.2) is 0 Å².